The summed E-state index contributed by atoms with van der Waals surface area (Å²) >= 11 is 0. The Morgan fingerprint density at radius 2 is 1.70 bits per heavy atom. The molecule has 5 heteroatoms. The van der Waals surface area contributed by atoms with E-state index in [1.165, 1.54) is 0 Å². The lowest BCUT2D eigenvalue weighted by molar-refractivity contribution is 0.0697. The van der Waals surface area contributed by atoms with Crippen molar-refractivity contribution < 1.29 is 19.4 Å². The number of rotatable bonds is 4. The molecule has 0 saturated heterocycles. The van der Waals surface area contributed by atoms with Crippen LogP contribution in [0.15, 0.2) is 42.5 Å². The van der Waals surface area contributed by atoms with Gasteiger partial charge in [-0.2, -0.15) is 0 Å². The lowest BCUT2D eigenvalue weighted by atomic mass is 9.95. The molecule has 0 unspecified atom stereocenters. The van der Waals surface area contributed by atoms with Crippen molar-refractivity contribution in [1.82, 2.24) is 4.57 Å². The van der Waals surface area contributed by atoms with Crippen LogP contribution in [0.5, 0.6) is 11.5 Å². The van der Waals surface area contributed by atoms with Gasteiger partial charge in [-0.15, -0.1) is 0 Å². The molecule has 0 saturated carbocycles. The largest absolute Gasteiger partial charge is 0.493 e. The molecule has 0 atom stereocenters. The van der Waals surface area contributed by atoms with Crippen molar-refractivity contribution in [3.63, 3.8) is 0 Å². The van der Waals surface area contributed by atoms with Gasteiger partial charge in [-0.25, -0.2) is 4.79 Å². The summed E-state index contributed by atoms with van der Waals surface area (Å²) < 4.78 is 13.0. The molecule has 0 bridgehead atoms. The lowest BCUT2D eigenvalue weighted by Gasteiger charge is -2.24. The topological polar surface area (TPSA) is 60.7 Å². The second-order valence-corrected chi connectivity index (χ2v) is 6.63. The summed E-state index contributed by atoms with van der Waals surface area (Å²) in [5, 5.41) is 9.93. The fourth-order valence-corrected chi connectivity index (χ4v) is 4.05. The average molecular weight is 363 g/mol. The monoisotopic (exact) mass is 363 g/mol. The van der Waals surface area contributed by atoms with Crippen molar-refractivity contribution in [1.29, 1.82) is 0 Å². The number of benzene rings is 2. The van der Waals surface area contributed by atoms with Gasteiger partial charge >= 0.3 is 5.97 Å². The molecular weight excluding hydrogens is 342 g/mol. The van der Waals surface area contributed by atoms with Gasteiger partial charge in [0.15, 0.2) is 11.5 Å². The van der Waals surface area contributed by atoms with E-state index in [1.807, 2.05) is 49.4 Å². The number of carboxylic acids is 1. The van der Waals surface area contributed by atoms with Gasteiger partial charge in [0, 0.05) is 12.1 Å². The summed E-state index contributed by atoms with van der Waals surface area (Å²) in [7, 11) is 3.23. The summed E-state index contributed by atoms with van der Waals surface area (Å²) in [6.45, 7) is 2.60. The van der Waals surface area contributed by atoms with E-state index in [2.05, 4.69) is 4.57 Å². The summed E-state index contributed by atoms with van der Waals surface area (Å²) in [5.74, 6) is 0.425. The molecule has 0 spiro atoms. The number of fused-ring (bicyclic) bond motifs is 3. The lowest BCUT2D eigenvalue weighted by Crippen LogP contribution is -2.13. The Balaban J connectivity index is 2.04. The second-order valence-electron chi connectivity index (χ2n) is 6.63. The average Bonchev–Trinajstić information content (AvgIpc) is 3.00. The number of carbonyl (C=O) groups is 1. The van der Waals surface area contributed by atoms with Crippen molar-refractivity contribution >= 4 is 5.97 Å². The molecule has 2 aromatic carbocycles. The maximum atomic E-state index is 12.1. The number of aryl methyl sites for hydroxylation is 1. The van der Waals surface area contributed by atoms with Gasteiger partial charge < -0.3 is 19.1 Å². The molecule has 1 aliphatic rings. The molecule has 138 valence electrons. The van der Waals surface area contributed by atoms with Gasteiger partial charge in [0.05, 0.1) is 31.2 Å². The van der Waals surface area contributed by atoms with Gasteiger partial charge in [0.2, 0.25) is 0 Å². The smallest absolute Gasteiger partial charge is 0.338 e. The zero-order valence-corrected chi connectivity index (χ0v) is 15.6. The van der Waals surface area contributed by atoms with Gasteiger partial charge in [0.1, 0.15) is 0 Å². The molecule has 3 aromatic rings. The second kappa shape index (κ2) is 6.50. The van der Waals surface area contributed by atoms with Crippen LogP contribution in [0.2, 0.25) is 0 Å². The number of aromatic carboxylic acids is 1. The Morgan fingerprint density at radius 1 is 1.04 bits per heavy atom. The van der Waals surface area contributed by atoms with E-state index >= 15 is 0 Å². The number of carboxylic acid groups (broad SMARTS) is 1. The van der Waals surface area contributed by atoms with Crippen molar-refractivity contribution in [2.75, 3.05) is 14.2 Å². The van der Waals surface area contributed by atoms with E-state index in [0.717, 1.165) is 46.6 Å². The molecule has 4 rings (SSSR count). The van der Waals surface area contributed by atoms with Gasteiger partial charge in [0.25, 0.3) is 0 Å². The predicted octanol–water partition coefficient (Wildman–Crippen LogP) is 4.40. The number of nitrogens with zero attached hydrogens (tertiary/aromatic N) is 1. The molecule has 0 amide bonds. The minimum Gasteiger partial charge on any atom is -0.493 e. The van der Waals surface area contributed by atoms with Crippen LogP contribution in [0.3, 0.4) is 0 Å². The summed E-state index contributed by atoms with van der Waals surface area (Å²) in [6, 6.07) is 13.7. The van der Waals surface area contributed by atoms with Crippen molar-refractivity contribution in [3.8, 4) is 34.0 Å². The zero-order chi connectivity index (χ0) is 19.1. The van der Waals surface area contributed by atoms with Crippen LogP contribution in [-0.4, -0.2) is 29.9 Å². The highest BCUT2D eigenvalue weighted by Gasteiger charge is 2.30. The van der Waals surface area contributed by atoms with Crippen LogP contribution in [0.25, 0.3) is 22.5 Å². The van der Waals surface area contributed by atoms with E-state index in [-0.39, 0.29) is 0 Å². The Morgan fingerprint density at radius 3 is 2.33 bits per heavy atom. The van der Waals surface area contributed by atoms with Gasteiger partial charge in [-0.3, -0.25) is 0 Å². The minimum atomic E-state index is -0.907. The number of methoxy groups -OCH3 is 2. The van der Waals surface area contributed by atoms with E-state index in [4.69, 9.17) is 9.47 Å². The number of hydrogen-bond donors (Lipinski definition) is 1. The maximum Gasteiger partial charge on any atom is 0.338 e. The first kappa shape index (κ1) is 17.2. The standard InChI is InChI=1S/C22H21NO4/c1-13-19(22(24)25)21(14-7-5-4-6-8-14)23-10-9-15-11-17(26-2)18(27-3)12-16(15)20(13)23/h4-8,11-12H,9-10H2,1-3H3,(H,24,25). The molecule has 1 aliphatic heterocycles. The number of hydrogen-bond acceptors (Lipinski definition) is 3. The fourth-order valence-electron chi connectivity index (χ4n) is 4.05. The summed E-state index contributed by atoms with van der Waals surface area (Å²) in [4.78, 5) is 12.1. The Labute approximate surface area is 157 Å². The molecule has 1 N–H and O–H groups in total. The third-order valence-corrected chi connectivity index (χ3v) is 5.24. The van der Waals surface area contributed by atoms with Crippen LogP contribution < -0.4 is 9.47 Å². The molecule has 1 aromatic heterocycles. The van der Waals surface area contributed by atoms with Crippen LogP contribution in [-0.2, 0) is 13.0 Å². The first-order valence-corrected chi connectivity index (χ1v) is 8.83. The van der Waals surface area contributed by atoms with Crippen LogP contribution in [0, 0.1) is 6.92 Å². The zero-order valence-electron chi connectivity index (χ0n) is 15.6. The van der Waals surface area contributed by atoms with E-state index in [0.29, 0.717) is 17.1 Å². The molecule has 27 heavy (non-hydrogen) atoms. The Kier molecular flexibility index (Phi) is 4.15. The summed E-state index contributed by atoms with van der Waals surface area (Å²) in [5.41, 5.74) is 5.88. The molecule has 2 heterocycles. The first-order chi connectivity index (χ1) is 13.1. The normalized spacial score (nSPS) is 12.3. The number of aromatic nitrogens is 1. The molecule has 0 aliphatic carbocycles. The molecule has 0 fully saturated rings. The summed E-state index contributed by atoms with van der Waals surface area (Å²) in [6.07, 6.45) is 0.801. The van der Waals surface area contributed by atoms with E-state index in [1.54, 1.807) is 14.2 Å². The van der Waals surface area contributed by atoms with Crippen molar-refractivity contribution in [2.45, 2.75) is 19.9 Å². The molecular formula is C22H21NO4. The van der Waals surface area contributed by atoms with Crippen LogP contribution in [0.1, 0.15) is 21.5 Å². The third kappa shape index (κ3) is 2.58. The fraction of sp³-hybridized carbons (Fsp3) is 0.227. The highest BCUT2D eigenvalue weighted by Crippen LogP contribution is 2.44. The predicted molar refractivity (Wildman–Crippen MR) is 104 cm³/mol. The van der Waals surface area contributed by atoms with Crippen LogP contribution in [0.4, 0.5) is 0 Å². The Hall–Kier alpha value is -3.21. The van der Waals surface area contributed by atoms with Crippen LogP contribution >= 0.6 is 0 Å². The van der Waals surface area contributed by atoms with Crippen molar-refractivity contribution in [2.24, 2.45) is 0 Å². The van der Waals surface area contributed by atoms with Gasteiger partial charge in [-0.1, -0.05) is 30.3 Å². The van der Waals surface area contributed by atoms with Crippen molar-refractivity contribution in [3.05, 3.63) is 59.2 Å². The maximum absolute atomic E-state index is 12.1. The highest BCUT2D eigenvalue weighted by atomic mass is 16.5. The quantitative estimate of drug-likeness (QED) is 0.746. The van der Waals surface area contributed by atoms with Gasteiger partial charge in [-0.05, 0) is 42.2 Å². The first-order valence-electron chi connectivity index (χ1n) is 8.83. The van der Waals surface area contributed by atoms with E-state index in [9.17, 15) is 9.90 Å². The number of ether oxygens (including phenoxy) is 2. The van der Waals surface area contributed by atoms with E-state index < -0.39 is 5.97 Å². The molecule has 0 radical (unpaired) electrons. The SMILES string of the molecule is COc1cc2c(cc1OC)-c1c(C)c(C(=O)O)c(-c3ccccc3)n1CC2. The minimum absolute atomic E-state index is 0.360. The third-order valence-electron chi connectivity index (χ3n) is 5.24. The Bertz CT molecular complexity index is 1030. The highest BCUT2D eigenvalue weighted by molar-refractivity contribution is 6.00. The molecule has 5 nitrogen and oxygen atoms in total.